The third-order valence-electron chi connectivity index (χ3n) is 4.85. The smallest absolute Gasteiger partial charge is 0.143 e. The lowest BCUT2D eigenvalue weighted by Gasteiger charge is -2.28. The van der Waals surface area contributed by atoms with Crippen molar-refractivity contribution < 1.29 is 4.39 Å². The molecule has 0 atom stereocenters. The summed E-state index contributed by atoms with van der Waals surface area (Å²) in [5, 5.41) is 0. The second-order valence-corrected chi connectivity index (χ2v) is 6.64. The molecular formula is C21H25FN2. The van der Waals surface area contributed by atoms with Crippen molar-refractivity contribution in [2.24, 2.45) is 5.92 Å². The van der Waals surface area contributed by atoms with Crippen LogP contribution in [0.2, 0.25) is 0 Å². The topological polar surface area (TPSA) is 16.1 Å². The van der Waals surface area contributed by atoms with Gasteiger partial charge in [0.1, 0.15) is 5.82 Å². The van der Waals surface area contributed by atoms with Crippen molar-refractivity contribution >= 4 is 11.4 Å². The van der Waals surface area contributed by atoms with Gasteiger partial charge in [-0.1, -0.05) is 56.9 Å². The molecule has 0 N–H and O–H groups in total. The molecule has 126 valence electrons. The maximum Gasteiger partial charge on any atom is 0.143 e. The first-order valence-electron chi connectivity index (χ1n) is 8.87. The fourth-order valence-corrected chi connectivity index (χ4v) is 3.57. The lowest BCUT2D eigenvalue weighted by atomic mass is 9.86. The number of hydrogen-bond acceptors (Lipinski definition) is 2. The molecule has 0 radical (unpaired) electrons. The molecule has 0 saturated heterocycles. The van der Waals surface area contributed by atoms with Crippen molar-refractivity contribution in [1.82, 2.24) is 4.98 Å². The summed E-state index contributed by atoms with van der Waals surface area (Å²) in [5.41, 5.74) is 2.73. The molecule has 1 saturated carbocycles. The van der Waals surface area contributed by atoms with Crippen molar-refractivity contribution in [2.45, 2.75) is 44.9 Å². The molecule has 24 heavy (non-hydrogen) atoms. The summed E-state index contributed by atoms with van der Waals surface area (Å²) in [4.78, 5) is 6.03. The fraction of sp³-hybridized carbons (Fsp3) is 0.381. The van der Waals surface area contributed by atoms with Crippen LogP contribution in [0.4, 0.5) is 15.8 Å². The highest BCUT2D eigenvalue weighted by atomic mass is 19.1. The van der Waals surface area contributed by atoms with E-state index in [0.717, 1.165) is 35.8 Å². The van der Waals surface area contributed by atoms with E-state index < -0.39 is 0 Å². The van der Waals surface area contributed by atoms with Crippen molar-refractivity contribution in [1.29, 1.82) is 0 Å². The highest BCUT2D eigenvalue weighted by molar-refractivity contribution is 5.67. The monoisotopic (exact) mass is 324 g/mol. The molecule has 2 nitrogen and oxygen atoms in total. The van der Waals surface area contributed by atoms with Crippen LogP contribution in [0.3, 0.4) is 0 Å². The second-order valence-electron chi connectivity index (χ2n) is 6.64. The van der Waals surface area contributed by atoms with Gasteiger partial charge in [0.05, 0.1) is 18.1 Å². The number of para-hydroxylation sites is 1. The van der Waals surface area contributed by atoms with E-state index in [2.05, 4.69) is 11.6 Å². The molecule has 0 bridgehead atoms. The first kappa shape index (κ1) is 16.7. The Balaban J connectivity index is 1.77. The number of rotatable bonds is 6. The van der Waals surface area contributed by atoms with E-state index in [4.69, 9.17) is 0 Å². The summed E-state index contributed by atoms with van der Waals surface area (Å²) in [7, 11) is 0. The van der Waals surface area contributed by atoms with Crippen LogP contribution in [0.5, 0.6) is 0 Å². The van der Waals surface area contributed by atoms with Crippen LogP contribution in [0.15, 0.2) is 61.1 Å². The van der Waals surface area contributed by atoms with Crippen LogP contribution in [-0.2, 0) is 0 Å². The molecule has 0 amide bonds. The lowest BCUT2D eigenvalue weighted by molar-refractivity contribution is 0.339. The Morgan fingerprint density at radius 2 is 1.83 bits per heavy atom. The number of benzene rings is 1. The SMILES string of the molecule is C=C(CCC1CCCCC1)N(c1ccccc1)c1cncc(F)c1. The van der Waals surface area contributed by atoms with Crippen molar-refractivity contribution in [3.63, 3.8) is 0 Å². The zero-order valence-electron chi connectivity index (χ0n) is 14.1. The molecule has 1 heterocycles. The Morgan fingerprint density at radius 1 is 1.08 bits per heavy atom. The number of halogens is 1. The number of nitrogens with zero attached hydrogens (tertiary/aromatic N) is 2. The van der Waals surface area contributed by atoms with Gasteiger partial charge in [0, 0.05) is 17.5 Å². The Bertz CT molecular complexity index is 663. The summed E-state index contributed by atoms with van der Waals surface area (Å²) in [5.74, 6) is 0.479. The van der Waals surface area contributed by atoms with E-state index in [0.29, 0.717) is 0 Å². The maximum atomic E-state index is 13.7. The molecule has 0 spiro atoms. The third kappa shape index (κ3) is 4.22. The van der Waals surface area contributed by atoms with E-state index in [-0.39, 0.29) is 5.82 Å². The van der Waals surface area contributed by atoms with Crippen LogP contribution >= 0.6 is 0 Å². The predicted octanol–water partition coefficient (Wildman–Crippen LogP) is 6.23. The number of aromatic nitrogens is 1. The minimum absolute atomic E-state index is 0.325. The quantitative estimate of drug-likeness (QED) is 0.626. The molecular weight excluding hydrogens is 299 g/mol. The van der Waals surface area contributed by atoms with Gasteiger partial charge in [0.25, 0.3) is 0 Å². The van der Waals surface area contributed by atoms with Crippen LogP contribution in [0.25, 0.3) is 0 Å². The van der Waals surface area contributed by atoms with E-state index in [9.17, 15) is 4.39 Å². The molecule has 1 aromatic carbocycles. The van der Waals surface area contributed by atoms with E-state index in [1.807, 2.05) is 35.2 Å². The number of anilines is 2. The Kier molecular flexibility index (Phi) is 5.63. The van der Waals surface area contributed by atoms with E-state index in [1.165, 1.54) is 44.4 Å². The Hall–Kier alpha value is -2.16. The Morgan fingerprint density at radius 3 is 2.54 bits per heavy atom. The molecule has 1 aliphatic rings. The van der Waals surface area contributed by atoms with Gasteiger partial charge >= 0.3 is 0 Å². The molecule has 1 aliphatic carbocycles. The summed E-state index contributed by atoms with van der Waals surface area (Å²) >= 11 is 0. The predicted molar refractivity (Wildman–Crippen MR) is 97.7 cm³/mol. The highest BCUT2D eigenvalue weighted by Crippen LogP contribution is 2.33. The summed E-state index contributed by atoms with van der Waals surface area (Å²) in [6.45, 7) is 4.30. The highest BCUT2D eigenvalue weighted by Gasteiger charge is 2.17. The average Bonchev–Trinajstić information content (AvgIpc) is 2.62. The maximum absolute atomic E-state index is 13.7. The number of hydrogen-bond donors (Lipinski definition) is 0. The molecule has 0 aliphatic heterocycles. The normalized spacial score (nSPS) is 15.2. The standard InChI is InChI=1S/C21H25FN2/c1-17(12-13-18-8-4-2-5-9-18)24(20-10-6-3-7-11-20)21-14-19(22)15-23-16-21/h3,6-7,10-11,14-16,18H,1-2,4-5,8-9,12-13H2. The largest absolute Gasteiger partial charge is 0.313 e. The molecule has 0 unspecified atom stereocenters. The van der Waals surface area contributed by atoms with Gasteiger partial charge in [-0.15, -0.1) is 0 Å². The molecule has 3 heteroatoms. The zero-order chi connectivity index (χ0) is 16.8. The molecule has 3 rings (SSSR count). The first-order chi connectivity index (χ1) is 11.7. The van der Waals surface area contributed by atoms with Gasteiger partial charge in [-0.25, -0.2) is 4.39 Å². The van der Waals surface area contributed by atoms with Gasteiger partial charge < -0.3 is 4.90 Å². The van der Waals surface area contributed by atoms with Crippen molar-refractivity contribution in [3.05, 3.63) is 66.9 Å². The van der Waals surface area contributed by atoms with Crippen molar-refractivity contribution in [2.75, 3.05) is 4.90 Å². The number of allylic oxidation sites excluding steroid dienone is 1. The first-order valence-corrected chi connectivity index (χ1v) is 8.87. The van der Waals surface area contributed by atoms with Crippen LogP contribution < -0.4 is 4.90 Å². The molecule has 1 fully saturated rings. The summed E-state index contributed by atoms with van der Waals surface area (Å²) < 4.78 is 13.7. The fourth-order valence-electron chi connectivity index (χ4n) is 3.57. The van der Waals surface area contributed by atoms with Gasteiger partial charge in [0.2, 0.25) is 0 Å². The second kappa shape index (κ2) is 8.09. The summed E-state index contributed by atoms with van der Waals surface area (Å²) in [6, 6.07) is 11.5. The number of pyridine rings is 1. The van der Waals surface area contributed by atoms with E-state index >= 15 is 0 Å². The third-order valence-corrected chi connectivity index (χ3v) is 4.85. The minimum Gasteiger partial charge on any atom is -0.313 e. The minimum atomic E-state index is -0.325. The van der Waals surface area contributed by atoms with Crippen LogP contribution in [0, 0.1) is 11.7 Å². The van der Waals surface area contributed by atoms with Gasteiger partial charge in [0.15, 0.2) is 0 Å². The van der Waals surface area contributed by atoms with Gasteiger partial charge in [-0.2, -0.15) is 0 Å². The zero-order valence-corrected chi connectivity index (χ0v) is 14.1. The molecule has 2 aromatic rings. The van der Waals surface area contributed by atoms with Gasteiger partial charge in [-0.3, -0.25) is 4.98 Å². The van der Waals surface area contributed by atoms with Crippen molar-refractivity contribution in [3.8, 4) is 0 Å². The average molecular weight is 324 g/mol. The molecule has 1 aromatic heterocycles. The van der Waals surface area contributed by atoms with Gasteiger partial charge in [-0.05, 0) is 30.9 Å². The lowest BCUT2D eigenvalue weighted by Crippen LogP contribution is -2.17. The van der Waals surface area contributed by atoms with Crippen LogP contribution in [-0.4, -0.2) is 4.98 Å². The van der Waals surface area contributed by atoms with Crippen LogP contribution in [0.1, 0.15) is 44.9 Å². The summed E-state index contributed by atoms with van der Waals surface area (Å²) in [6.07, 6.45) is 11.8. The van der Waals surface area contributed by atoms with E-state index in [1.54, 1.807) is 6.20 Å². The Labute approximate surface area is 144 Å².